The number of methoxy groups -OCH3 is 1. The van der Waals surface area contributed by atoms with Crippen LogP contribution in [0.4, 0.5) is 11.4 Å². The highest BCUT2D eigenvalue weighted by molar-refractivity contribution is 5.89. The lowest BCUT2D eigenvalue weighted by atomic mass is 10.1. The Morgan fingerprint density at radius 1 is 1.25 bits per heavy atom. The molecule has 0 saturated carbocycles. The van der Waals surface area contributed by atoms with Crippen LogP contribution in [0.5, 0.6) is 11.5 Å². The lowest BCUT2D eigenvalue weighted by Gasteiger charge is -2.05. The van der Waals surface area contributed by atoms with Gasteiger partial charge in [0, 0.05) is 17.8 Å². The fraction of sp³-hybridized carbons (Fsp3) is 0.0667. The minimum atomic E-state index is -0.587. The monoisotopic (exact) mass is 328 g/mol. The molecule has 3 aromatic rings. The van der Waals surface area contributed by atoms with E-state index in [2.05, 4.69) is 15.0 Å². The van der Waals surface area contributed by atoms with E-state index in [4.69, 9.17) is 4.74 Å². The molecule has 24 heavy (non-hydrogen) atoms. The molecule has 9 heteroatoms. The first-order valence-electron chi connectivity index (χ1n) is 6.79. The van der Waals surface area contributed by atoms with Crippen molar-refractivity contribution in [2.75, 3.05) is 7.11 Å². The number of ether oxygens (including phenoxy) is 1. The van der Waals surface area contributed by atoms with E-state index in [1.807, 2.05) is 0 Å². The molecule has 3 rings (SSSR count). The van der Waals surface area contributed by atoms with E-state index in [1.54, 1.807) is 18.2 Å². The lowest BCUT2D eigenvalue weighted by molar-refractivity contribution is -0.385. The SMILES string of the molecule is COc1cc([N+](=O)[O-])cc(C=Nc2ccc3[nH]c(=O)[nH]c3c2)c1O. The number of nitrogens with zero attached hydrogens (tertiary/aromatic N) is 2. The Balaban J connectivity index is 2.01. The number of aromatic nitrogens is 2. The van der Waals surface area contributed by atoms with Crippen LogP contribution in [0, 0.1) is 10.1 Å². The highest BCUT2D eigenvalue weighted by atomic mass is 16.6. The minimum Gasteiger partial charge on any atom is -0.504 e. The Hall–Kier alpha value is -3.62. The Bertz CT molecular complexity index is 1020. The molecule has 2 aromatic carbocycles. The molecule has 0 atom stereocenters. The summed E-state index contributed by atoms with van der Waals surface area (Å²) in [6.45, 7) is 0. The first-order valence-corrected chi connectivity index (χ1v) is 6.79. The second kappa shape index (κ2) is 5.88. The van der Waals surface area contributed by atoms with Crippen molar-refractivity contribution in [3.8, 4) is 11.5 Å². The van der Waals surface area contributed by atoms with Crippen LogP contribution >= 0.6 is 0 Å². The number of aromatic amines is 2. The maximum absolute atomic E-state index is 11.2. The fourth-order valence-corrected chi connectivity index (χ4v) is 2.22. The largest absolute Gasteiger partial charge is 0.504 e. The zero-order chi connectivity index (χ0) is 17.3. The van der Waals surface area contributed by atoms with Crippen LogP contribution in [0.15, 0.2) is 40.1 Å². The van der Waals surface area contributed by atoms with Crippen molar-refractivity contribution in [3.63, 3.8) is 0 Å². The van der Waals surface area contributed by atoms with Gasteiger partial charge in [-0.25, -0.2) is 4.79 Å². The zero-order valence-corrected chi connectivity index (χ0v) is 12.4. The summed E-state index contributed by atoms with van der Waals surface area (Å²) in [4.78, 5) is 31.0. The molecule has 0 aliphatic heterocycles. The summed E-state index contributed by atoms with van der Waals surface area (Å²) in [5.41, 5.74) is 1.31. The molecule has 9 nitrogen and oxygen atoms in total. The molecular weight excluding hydrogens is 316 g/mol. The summed E-state index contributed by atoms with van der Waals surface area (Å²) in [5, 5.41) is 21.0. The first kappa shape index (κ1) is 15.3. The van der Waals surface area contributed by atoms with Crippen LogP contribution in [0.25, 0.3) is 11.0 Å². The van der Waals surface area contributed by atoms with E-state index in [0.717, 1.165) is 6.07 Å². The third-order valence-electron chi connectivity index (χ3n) is 3.37. The number of nitro groups is 1. The zero-order valence-electron chi connectivity index (χ0n) is 12.4. The molecule has 0 fully saturated rings. The predicted octanol–water partition coefficient (Wildman–Crippen LogP) is 2.23. The van der Waals surface area contributed by atoms with Gasteiger partial charge in [0.2, 0.25) is 0 Å². The number of non-ortho nitro benzene ring substituents is 1. The van der Waals surface area contributed by atoms with E-state index in [1.165, 1.54) is 19.4 Å². The molecule has 0 amide bonds. The second-order valence-corrected chi connectivity index (χ2v) is 4.91. The number of rotatable bonds is 4. The van der Waals surface area contributed by atoms with Crippen molar-refractivity contribution < 1.29 is 14.8 Å². The number of phenols is 1. The van der Waals surface area contributed by atoms with Crippen LogP contribution in [-0.4, -0.2) is 33.3 Å². The molecule has 3 N–H and O–H groups in total. The summed E-state index contributed by atoms with van der Waals surface area (Å²) in [6.07, 6.45) is 1.29. The maximum atomic E-state index is 11.2. The Morgan fingerprint density at radius 2 is 2.00 bits per heavy atom. The Morgan fingerprint density at radius 3 is 2.71 bits per heavy atom. The van der Waals surface area contributed by atoms with Gasteiger partial charge in [0.15, 0.2) is 11.5 Å². The lowest BCUT2D eigenvalue weighted by Crippen LogP contribution is -1.99. The highest BCUT2D eigenvalue weighted by Crippen LogP contribution is 2.33. The van der Waals surface area contributed by atoms with Crippen molar-refractivity contribution in [1.82, 2.24) is 9.97 Å². The van der Waals surface area contributed by atoms with E-state index in [-0.39, 0.29) is 28.4 Å². The van der Waals surface area contributed by atoms with E-state index in [0.29, 0.717) is 16.7 Å². The molecule has 122 valence electrons. The van der Waals surface area contributed by atoms with Crippen LogP contribution < -0.4 is 10.4 Å². The van der Waals surface area contributed by atoms with Gasteiger partial charge >= 0.3 is 5.69 Å². The van der Waals surface area contributed by atoms with Crippen molar-refractivity contribution in [3.05, 3.63) is 56.5 Å². The number of aromatic hydroxyl groups is 1. The number of H-pyrrole nitrogens is 2. The van der Waals surface area contributed by atoms with Gasteiger partial charge in [0.1, 0.15) is 0 Å². The highest BCUT2D eigenvalue weighted by Gasteiger charge is 2.15. The van der Waals surface area contributed by atoms with Gasteiger partial charge in [-0.1, -0.05) is 0 Å². The van der Waals surface area contributed by atoms with Gasteiger partial charge in [0.25, 0.3) is 5.69 Å². The van der Waals surface area contributed by atoms with Gasteiger partial charge in [-0.05, 0) is 18.2 Å². The number of phenolic OH excluding ortho intramolecular Hbond substituents is 1. The standard InChI is InChI=1S/C15H12N4O5/c1-24-13-6-10(19(22)23)4-8(14(13)20)7-16-9-2-3-11-12(5-9)18-15(21)17-11/h2-7,20H,1H3,(H2,17,18,21). The van der Waals surface area contributed by atoms with Crippen molar-refractivity contribution in [1.29, 1.82) is 0 Å². The van der Waals surface area contributed by atoms with Crippen molar-refractivity contribution >= 4 is 28.6 Å². The number of nitrogens with one attached hydrogen (secondary N) is 2. The number of hydrogen-bond acceptors (Lipinski definition) is 6. The number of imidazole rings is 1. The summed E-state index contributed by atoms with van der Waals surface area (Å²) < 4.78 is 4.93. The molecule has 0 unspecified atom stereocenters. The molecule has 0 radical (unpaired) electrons. The number of aliphatic imine (C=N–C) groups is 1. The third kappa shape index (κ3) is 2.82. The molecule has 0 saturated heterocycles. The molecule has 0 spiro atoms. The molecule has 1 aromatic heterocycles. The van der Waals surface area contributed by atoms with E-state index in [9.17, 15) is 20.0 Å². The molecular formula is C15H12N4O5. The molecule has 0 aliphatic carbocycles. The maximum Gasteiger partial charge on any atom is 0.323 e. The molecule has 0 aliphatic rings. The van der Waals surface area contributed by atoms with Crippen LogP contribution in [0.1, 0.15) is 5.56 Å². The van der Waals surface area contributed by atoms with Crippen LogP contribution in [0.2, 0.25) is 0 Å². The van der Waals surface area contributed by atoms with E-state index >= 15 is 0 Å². The van der Waals surface area contributed by atoms with Crippen LogP contribution in [-0.2, 0) is 0 Å². The summed E-state index contributed by atoms with van der Waals surface area (Å²) in [7, 11) is 1.30. The van der Waals surface area contributed by atoms with Crippen molar-refractivity contribution in [2.24, 2.45) is 4.99 Å². The predicted molar refractivity (Wildman–Crippen MR) is 87.5 cm³/mol. The fourth-order valence-electron chi connectivity index (χ4n) is 2.22. The Kier molecular flexibility index (Phi) is 3.74. The summed E-state index contributed by atoms with van der Waals surface area (Å²) in [5.74, 6) is -0.265. The average molecular weight is 328 g/mol. The smallest absolute Gasteiger partial charge is 0.323 e. The third-order valence-corrected chi connectivity index (χ3v) is 3.37. The quantitative estimate of drug-likeness (QED) is 0.383. The number of hydrogen-bond donors (Lipinski definition) is 3. The Labute approximate surface area is 134 Å². The van der Waals surface area contributed by atoms with Crippen LogP contribution in [0.3, 0.4) is 0 Å². The van der Waals surface area contributed by atoms with Gasteiger partial charge in [-0.15, -0.1) is 0 Å². The molecule has 1 heterocycles. The normalized spacial score (nSPS) is 11.2. The van der Waals surface area contributed by atoms with Gasteiger partial charge < -0.3 is 19.8 Å². The second-order valence-electron chi connectivity index (χ2n) is 4.91. The minimum absolute atomic E-state index is 0.0175. The summed E-state index contributed by atoms with van der Waals surface area (Å²) in [6, 6.07) is 7.29. The number of benzene rings is 2. The van der Waals surface area contributed by atoms with Crippen molar-refractivity contribution in [2.45, 2.75) is 0 Å². The number of fused-ring (bicyclic) bond motifs is 1. The first-order chi connectivity index (χ1) is 11.5. The summed E-state index contributed by atoms with van der Waals surface area (Å²) >= 11 is 0. The van der Waals surface area contributed by atoms with Gasteiger partial charge in [-0.3, -0.25) is 15.1 Å². The molecule has 0 bridgehead atoms. The van der Waals surface area contributed by atoms with Gasteiger partial charge in [0.05, 0.1) is 34.8 Å². The van der Waals surface area contributed by atoms with E-state index < -0.39 is 4.92 Å². The number of nitro benzene ring substituents is 1. The topological polar surface area (TPSA) is 134 Å². The van der Waals surface area contributed by atoms with Gasteiger partial charge in [-0.2, -0.15) is 0 Å². The average Bonchev–Trinajstić information content (AvgIpc) is 2.92.